The Morgan fingerprint density at radius 2 is 1.44 bits per heavy atom. The summed E-state index contributed by atoms with van der Waals surface area (Å²) >= 11 is 6.27. The van der Waals surface area contributed by atoms with E-state index in [1.807, 2.05) is 0 Å². The van der Waals surface area contributed by atoms with E-state index in [9.17, 15) is 0 Å². The van der Waals surface area contributed by atoms with Crippen LogP contribution in [0.1, 0.15) is 76.3 Å². The van der Waals surface area contributed by atoms with Gasteiger partial charge in [0.25, 0.3) is 0 Å². The fourth-order valence-corrected chi connectivity index (χ4v) is 5.56. The van der Waals surface area contributed by atoms with E-state index >= 15 is 0 Å². The third-order valence-corrected chi connectivity index (χ3v) is 7.80. The maximum Gasteiger partial charge on any atom is 0.0461 e. The molecule has 1 saturated carbocycles. The zero-order valence-electron chi connectivity index (χ0n) is 20.5. The molecule has 0 amide bonds. The van der Waals surface area contributed by atoms with Gasteiger partial charge >= 0.3 is 0 Å². The molecule has 0 aromatic heterocycles. The van der Waals surface area contributed by atoms with E-state index in [1.54, 1.807) is 0 Å². The van der Waals surface area contributed by atoms with Crippen molar-refractivity contribution in [2.45, 2.75) is 83.2 Å². The molecule has 0 radical (unpaired) electrons. The fourth-order valence-electron chi connectivity index (χ4n) is 5.44. The normalized spacial score (nSPS) is 21.4. The number of hydrogen-bond acceptors (Lipinski definition) is 2. The summed E-state index contributed by atoms with van der Waals surface area (Å²) in [4.78, 5) is 5.45. The Kier molecular flexibility index (Phi) is 10.1. The Bertz CT molecular complexity index is 758. The summed E-state index contributed by atoms with van der Waals surface area (Å²) in [6.07, 6.45) is 11.2. The minimum Gasteiger partial charge on any atom is -0.303 e. The molecule has 2 aromatic carbocycles. The van der Waals surface area contributed by atoms with Gasteiger partial charge in [0, 0.05) is 23.1 Å². The van der Waals surface area contributed by atoms with Gasteiger partial charge in [-0.2, -0.15) is 0 Å². The molecule has 0 atom stereocenters. The van der Waals surface area contributed by atoms with Gasteiger partial charge in [0.2, 0.25) is 0 Å². The van der Waals surface area contributed by atoms with Crippen molar-refractivity contribution in [3.05, 3.63) is 70.7 Å². The van der Waals surface area contributed by atoms with Crippen LogP contribution >= 0.6 is 11.6 Å². The smallest absolute Gasteiger partial charge is 0.0461 e. The molecule has 0 unspecified atom stereocenters. The topological polar surface area (TPSA) is 6.48 Å². The lowest BCUT2D eigenvalue weighted by molar-refractivity contribution is 0.0188. The van der Waals surface area contributed by atoms with Crippen LogP contribution in [-0.2, 0) is 12.0 Å². The van der Waals surface area contributed by atoms with E-state index in [1.165, 1.54) is 75.6 Å². The average molecular weight is 455 g/mol. The maximum absolute atomic E-state index is 6.27. The van der Waals surface area contributed by atoms with Crippen LogP contribution in [0.3, 0.4) is 0 Å². The number of benzene rings is 2. The Morgan fingerprint density at radius 3 is 2.00 bits per heavy atom. The molecule has 0 aliphatic heterocycles. The first-order valence-electron chi connectivity index (χ1n) is 12.8. The number of unbranched alkanes of at least 4 members (excludes halogenated alkanes) is 2. The third kappa shape index (κ3) is 6.59. The highest BCUT2D eigenvalue weighted by atomic mass is 35.5. The quantitative estimate of drug-likeness (QED) is 0.326. The summed E-state index contributed by atoms with van der Waals surface area (Å²) in [7, 11) is 2.33. The van der Waals surface area contributed by atoms with Gasteiger partial charge in [-0.05, 0) is 88.3 Å². The largest absolute Gasteiger partial charge is 0.303 e. The minimum absolute atomic E-state index is 0.158. The summed E-state index contributed by atoms with van der Waals surface area (Å²) in [5.74, 6) is 0. The van der Waals surface area contributed by atoms with Crippen LogP contribution in [0.25, 0.3) is 0 Å². The molecule has 2 nitrogen and oxygen atoms in total. The molecule has 176 valence electrons. The second-order valence-corrected chi connectivity index (χ2v) is 10.1. The molecule has 0 bridgehead atoms. The van der Waals surface area contributed by atoms with Crippen molar-refractivity contribution in [3.8, 4) is 0 Å². The van der Waals surface area contributed by atoms with Gasteiger partial charge in [0.1, 0.15) is 0 Å². The minimum atomic E-state index is 0.158. The zero-order valence-corrected chi connectivity index (χ0v) is 21.3. The predicted octanol–water partition coefficient (Wildman–Crippen LogP) is 7.55. The zero-order chi connectivity index (χ0) is 22.8. The molecular formula is C29H43ClN2. The molecule has 1 aliphatic carbocycles. The van der Waals surface area contributed by atoms with Crippen LogP contribution in [0.2, 0.25) is 5.02 Å². The van der Waals surface area contributed by atoms with Gasteiger partial charge in [-0.3, -0.25) is 4.90 Å². The molecule has 1 aliphatic rings. The highest BCUT2D eigenvalue weighted by Gasteiger charge is 2.41. The molecule has 32 heavy (non-hydrogen) atoms. The Hall–Kier alpha value is -1.35. The summed E-state index contributed by atoms with van der Waals surface area (Å²) < 4.78 is 0. The Labute approximate surface area is 202 Å². The van der Waals surface area contributed by atoms with Crippen molar-refractivity contribution in [2.24, 2.45) is 0 Å². The van der Waals surface area contributed by atoms with Gasteiger partial charge in [-0.25, -0.2) is 0 Å². The van der Waals surface area contributed by atoms with Crippen LogP contribution < -0.4 is 0 Å². The van der Waals surface area contributed by atoms with Crippen molar-refractivity contribution in [2.75, 3.05) is 26.7 Å². The van der Waals surface area contributed by atoms with Gasteiger partial charge in [0.05, 0.1) is 0 Å². The summed E-state index contributed by atoms with van der Waals surface area (Å²) in [5, 5.41) is 0.840. The number of likely N-dealkylation sites (N-methyl/N-ethyl adjacent to an activating group) is 1. The van der Waals surface area contributed by atoms with Crippen molar-refractivity contribution in [1.82, 2.24) is 9.80 Å². The predicted molar refractivity (Wildman–Crippen MR) is 140 cm³/mol. The Balaban J connectivity index is 1.72. The Morgan fingerprint density at radius 1 is 0.844 bits per heavy atom. The van der Waals surface area contributed by atoms with E-state index < -0.39 is 0 Å². The van der Waals surface area contributed by atoms with Crippen molar-refractivity contribution < 1.29 is 0 Å². The molecule has 0 saturated heterocycles. The van der Waals surface area contributed by atoms with Gasteiger partial charge in [-0.1, -0.05) is 80.8 Å². The molecule has 3 rings (SSSR count). The first-order valence-corrected chi connectivity index (χ1v) is 13.2. The SMILES string of the molecule is CCCCN(CCCC)C1(c2ccc(Cl)cc2)CCC(N(C)CCc2ccccc2)CC1. The van der Waals surface area contributed by atoms with Crippen LogP contribution in [0.5, 0.6) is 0 Å². The number of halogens is 1. The lowest BCUT2D eigenvalue weighted by Gasteiger charge is -2.50. The van der Waals surface area contributed by atoms with E-state index in [-0.39, 0.29) is 5.54 Å². The molecular weight excluding hydrogens is 412 g/mol. The molecule has 2 aromatic rings. The standard InChI is InChI=1S/C29H43ClN2/c1-4-6-22-32(23-7-5-2)29(26-13-15-27(30)16-14-26)20-17-28(18-21-29)31(3)24-19-25-11-9-8-10-12-25/h8-16,28H,4-7,17-24H2,1-3H3. The van der Waals surface area contributed by atoms with Gasteiger partial charge < -0.3 is 4.90 Å². The van der Waals surface area contributed by atoms with Gasteiger partial charge in [-0.15, -0.1) is 0 Å². The number of rotatable bonds is 12. The second kappa shape index (κ2) is 12.8. The molecule has 0 heterocycles. The van der Waals surface area contributed by atoms with Crippen molar-refractivity contribution in [3.63, 3.8) is 0 Å². The van der Waals surface area contributed by atoms with E-state index in [4.69, 9.17) is 11.6 Å². The fraction of sp³-hybridized carbons (Fsp3) is 0.586. The van der Waals surface area contributed by atoms with Crippen LogP contribution in [0, 0.1) is 0 Å². The highest BCUT2D eigenvalue weighted by molar-refractivity contribution is 6.30. The molecule has 0 N–H and O–H groups in total. The summed E-state index contributed by atoms with van der Waals surface area (Å²) in [5.41, 5.74) is 3.07. The lowest BCUT2D eigenvalue weighted by atomic mass is 9.73. The first-order chi connectivity index (χ1) is 15.6. The second-order valence-electron chi connectivity index (χ2n) is 9.68. The van der Waals surface area contributed by atoms with Crippen molar-refractivity contribution in [1.29, 1.82) is 0 Å². The van der Waals surface area contributed by atoms with Crippen molar-refractivity contribution >= 4 is 11.6 Å². The van der Waals surface area contributed by atoms with Gasteiger partial charge in [0.15, 0.2) is 0 Å². The van der Waals surface area contributed by atoms with E-state index in [0.29, 0.717) is 6.04 Å². The lowest BCUT2D eigenvalue weighted by Crippen LogP contribution is -2.52. The molecule has 3 heteroatoms. The van der Waals surface area contributed by atoms with Crippen LogP contribution in [0.4, 0.5) is 0 Å². The van der Waals surface area contributed by atoms with E-state index in [0.717, 1.165) is 18.0 Å². The highest BCUT2D eigenvalue weighted by Crippen LogP contribution is 2.44. The first kappa shape index (κ1) is 25.3. The van der Waals surface area contributed by atoms with Crippen LogP contribution in [-0.4, -0.2) is 42.5 Å². The molecule has 1 fully saturated rings. The third-order valence-electron chi connectivity index (χ3n) is 7.55. The summed E-state index contributed by atoms with van der Waals surface area (Å²) in [6.45, 7) is 8.16. The maximum atomic E-state index is 6.27. The monoisotopic (exact) mass is 454 g/mol. The number of hydrogen-bond donors (Lipinski definition) is 0. The average Bonchev–Trinajstić information content (AvgIpc) is 2.84. The summed E-state index contributed by atoms with van der Waals surface area (Å²) in [6, 6.07) is 20.4. The number of nitrogens with zero attached hydrogens (tertiary/aromatic N) is 2. The molecule has 0 spiro atoms. The van der Waals surface area contributed by atoms with E-state index in [2.05, 4.69) is 85.3 Å². The van der Waals surface area contributed by atoms with Crippen LogP contribution in [0.15, 0.2) is 54.6 Å².